The fraction of sp³-hybridized carbons (Fsp3) is 0.833. The van der Waals surface area contributed by atoms with Gasteiger partial charge in [0.25, 0.3) is 0 Å². The zero-order valence-electron chi connectivity index (χ0n) is 50.1. The number of carboxylic acid groups (broad SMARTS) is 1. The van der Waals surface area contributed by atoms with Crippen LogP contribution in [-0.2, 0) is 61.8 Å². The molecule has 23 nitrogen and oxygen atoms in total. The Morgan fingerprint density at radius 3 is 1.84 bits per heavy atom. The van der Waals surface area contributed by atoms with Gasteiger partial charge in [-0.15, -0.1) is 0 Å². The van der Waals surface area contributed by atoms with Crippen molar-refractivity contribution < 1.29 is 113 Å². The molecular weight excluding hydrogens is 1090 g/mol. The molecule has 0 aromatic carbocycles. The number of aliphatic hydroxyl groups is 9. The molecule has 10 N–H and O–H groups in total. The molecule has 3 aliphatic heterocycles. The predicted molar refractivity (Wildman–Crippen MR) is 289 cm³/mol. The Morgan fingerprint density at radius 2 is 1.27 bits per heavy atom. The maximum atomic E-state index is 13.4. The monoisotopic (exact) mass is 1180 g/mol. The van der Waals surface area contributed by atoms with Crippen molar-refractivity contribution in [2.24, 2.45) is 50.2 Å². The van der Waals surface area contributed by atoms with Crippen LogP contribution in [0.25, 0.3) is 0 Å². The molecule has 26 atom stereocenters. The normalized spacial score (nSPS) is 47.8. The molecule has 3 saturated heterocycles. The van der Waals surface area contributed by atoms with Crippen LogP contribution in [0.2, 0.25) is 0 Å². The highest BCUT2D eigenvalue weighted by Crippen LogP contribution is 2.76. The first kappa shape index (κ1) is 65.5. The smallest absolute Gasteiger partial charge is 0.335 e. The summed E-state index contributed by atoms with van der Waals surface area (Å²) in [5.74, 6) is -4.34. The summed E-state index contributed by atoms with van der Waals surface area (Å²) in [5.41, 5.74) is -3.12. The maximum absolute atomic E-state index is 13.4. The average molecular weight is 1180 g/mol. The molecule has 0 aromatic rings. The molecule has 4 saturated carbocycles. The van der Waals surface area contributed by atoms with Gasteiger partial charge in [0.2, 0.25) is 0 Å². The first-order valence-corrected chi connectivity index (χ1v) is 29.4. The third-order valence-electron chi connectivity index (χ3n) is 21.8. The van der Waals surface area contributed by atoms with Crippen molar-refractivity contribution in [3.63, 3.8) is 0 Å². The molecule has 7 fully saturated rings. The number of allylic oxidation sites excluding steroid dienone is 4. The molecule has 0 bridgehead atoms. The van der Waals surface area contributed by atoms with Crippen molar-refractivity contribution in [3.8, 4) is 0 Å². The van der Waals surface area contributed by atoms with E-state index < -0.39 is 187 Å². The van der Waals surface area contributed by atoms with Gasteiger partial charge >= 0.3 is 23.9 Å². The summed E-state index contributed by atoms with van der Waals surface area (Å²) in [6.45, 7) is 22.6. The van der Waals surface area contributed by atoms with E-state index in [0.717, 1.165) is 5.57 Å². The lowest BCUT2D eigenvalue weighted by Crippen LogP contribution is -2.73. The van der Waals surface area contributed by atoms with Crippen LogP contribution >= 0.6 is 0 Å². The van der Waals surface area contributed by atoms with E-state index in [-0.39, 0.29) is 34.8 Å². The Kier molecular flexibility index (Phi) is 18.8. The highest BCUT2D eigenvalue weighted by atomic mass is 16.8. The van der Waals surface area contributed by atoms with Gasteiger partial charge in [-0.25, -0.2) is 14.4 Å². The van der Waals surface area contributed by atoms with Crippen LogP contribution in [0.5, 0.6) is 0 Å². The molecular formula is C60H92O23. The first-order valence-electron chi connectivity index (χ1n) is 29.4. The maximum Gasteiger partial charge on any atom is 0.335 e. The Hall–Kier alpha value is -3.50. The van der Waals surface area contributed by atoms with Gasteiger partial charge in [0, 0.05) is 18.1 Å². The minimum Gasteiger partial charge on any atom is -0.479 e. The van der Waals surface area contributed by atoms with E-state index >= 15 is 0 Å². The SMILES string of the molecule is C/C=C(/C)C(=O)O[C@@H]1[C@@H](O)[C@H](O[C@H]2[C@H](OC(C)=O)[C@@]3(CO)C(CC2(C)C)C2=CCC4[C@@]5(C)CC[C@H](O[C@@H]6O[C@H](C(=O)O)[C@@H](O)[C@H](O)[C@H]6O[C@@H]6O[C@H](CO)[C@@H](O)[C@H](O)[C@H]6O)C(C)(C)C5CC[C@@]4(C)[C@]2(C)C[C@H]3O)O[C@H](C)[C@@H]1OC(=O)/C(C)=C\C. The van der Waals surface area contributed by atoms with Crippen LogP contribution < -0.4 is 0 Å². The lowest BCUT2D eigenvalue weighted by atomic mass is 9.33. The molecule has 0 amide bonds. The number of carbonyl (C=O) groups excluding carboxylic acids is 3. The van der Waals surface area contributed by atoms with Gasteiger partial charge in [0.15, 0.2) is 37.2 Å². The van der Waals surface area contributed by atoms with Gasteiger partial charge in [-0.1, -0.05) is 72.3 Å². The summed E-state index contributed by atoms with van der Waals surface area (Å²) in [6.07, 6.45) is -20.5. The van der Waals surface area contributed by atoms with Crippen LogP contribution in [0.15, 0.2) is 34.9 Å². The molecule has 3 heterocycles. The first-order chi connectivity index (χ1) is 38.7. The summed E-state index contributed by atoms with van der Waals surface area (Å²) in [5, 5.41) is 111. The van der Waals surface area contributed by atoms with E-state index in [0.29, 0.717) is 38.5 Å². The topological polar surface area (TPSA) is 354 Å². The second kappa shape index (κ2) is 23.9. The fourth-order valence-corrected chi connectivity index (χ4v) is 16.7. The van der Waals surface area contributed by atoms with Gasteiger partial charge in [0.1, 0.15) is 61.0 Å². The predicted octanol–water partition coefficient (Wildman–Crippen LogP) is 2.25. The molecule has 470 valence electrons. The van der Waals surface area contributed by atoms with Gasteiger partial charge in [0.05, 0.1) is 36.9 Å². The molecule has 8 rings (SSSR count). The van der Waals surface area contributed by atoms with Crippen molar-refractivity contribution in [2.45, 2.75) is 251 Å². The Morgan fingerprint density at radius 1 is 0.651 bits per heavy atom. The molecule has 5 aliphatic carbocycles. The minimum absolute atomic E-state index is 0.0191. The van der Waals surface area contributed by atoms with E-state index in [1.54, 1.807) is 33.8 Å². The number of rotatable bonds is 14. The van der Waals surface area contributed by atoms with Crippen molar-refractivity contribution in [1.29, 1.82) is 0 Å². The number of hydrogen-bond acceptors (Lipinski definition) is 22. The number of hydrogen-bond donors (Lipinski definition) is 10. The van der Waals surface area contributed by atoms with Gasteiger partial charge in [-0.2, -0.15) is 0 Å². The number of aliphatic hydroxyl groups excluding tert-OH is 9. The van der Waals surface area contributed by atoms with E-state index in [4.69, 9.17) is 42.6 Å². The minimum atomic E-state index is -2.02. The highest BCUT2D eigenvalue weighted by molar-refractivity contribution is 5.88. The van der Waals surface area contributed by atoms with Crippen molar-refractivity contribution in [1.82, 2.24) is 0 Å². The van der Waals surface area contributed by atoms with Gasteiger partial charge in [-0.3, -0.25) is 4.79 Å². The van der Waals surface area contributed by atoms with Crippen LogP contribution in [0.4, 0.5) is 0 Å². The van der Waals surface area contributed by atoms with Crippen molar-refractivity contribution >= 4 is 23.9 Å². The lowest BCUT2D eigenvalue weighted by Gasteiger charge is -2.72. The Balaban J connectivity index is 1.08. The molecule has 83 heavy (non-hydrogen) atoms. The number of fused-ring (bicyclic) bond motifs is 7. The van der Waals surface area contributed by atoms with Crippen molar-refractivity contribution in [2.75, 3.05) is 13.2 Å². The fourth-order valence-electron chi connectivity index (χ4n) is 16.7. The number of carboxylic acids is 1. The van der Waals surface area contributed by atoms with E-state index in [1.807, 2.05) is 13.8 Å². The molecule has 0 radical (unpaired) electrons. The largest absolute Gasteiger partial charge is 0.479 e. The third-order valence-corrected chi connectivity index (χ3v) is 21.8. The molecule has 23 heteroatoms. The number of esters is 3. The highest BCUT2D eigenvalue weighted by Gasteiger charge is 2.74. The zero-order chi connectivity index (χ0) is 61.6. The summed E-state index contributed by atoms with van der Waals surface area (Å²) in [7, 11) is 0. The zero-order valence-corrected chi connectivity index (χ0v) is 50.1. The van der Waals surface area contributed by atoms with Crippen LogP contribution in [0.3, 0.4) is 0 Å². The quantitative estimate of drug-likeness (QED) is 0.0392. The summed E-state index contributed by atoms with van der Waals surface area (Å²) in [4.78, 5) is 52.3. The Bertz CT molecular complexity index is 2510. The molecule has 8 aliphatic rings. The lowest BCUT2D eigenvalue weighted by molar-refractivity contribution is -0.374. The third kappa shape index (κ3) is 10.9. The number of aliphatic carboxylic acids is 1. The van der Waals surface area contributed by atoms with Gasteiger partial charge in [-0.05, 0) is 124 Å². The summed E-state index contributed by atoms with van der Waals surface area (Å²) in [6, 6.07) is 0. The van der Waals surface area contributed by atoms with Crippen molar-refractivity contribution in [3.05, 3.63) is 34.9 Å². The standard InChI is InChI=1S/C60H92O23/c1-14-26(3)50(73)79-43-28(5)75-53(42(70)44(43)80-51(74)27(4)15-2)83-47-48(76-29(6)63)60(25-62)31(22-55(47,7)8)30-16-17-34-57(11)20-19-36(56(9,10)33(57)18-21-58(34,12)59(30,13)23-35(60)64)78-54-46(40(68)39(67)45(81-54)49(71)72)82-52-41(69)38(66)37(65)32(24-61)77-52/h14-16,28,31-48,52-54,61-62,64-70H,17-25H2,1-13H3,(H,71,72)/b26-14-,27-15-/t28-,31?,32-,33?,34?,35-,36+,37-,38+,39+,40+,41-,42-,43+,44-,45+,46-,47+,48+,52+,53+,54-,57+,58-,59-,60+/m1/s1. The number of carbonyl (C=O) groups is 4. The second-order valence-corrected chi connectivity index (χ2v) is 27.0. The molecule has 0 spiro atoms. The van der Waals surface area contributed by atoms with Gasteiger partial charge < -0.3 is 93.7 Å². The summed E-state index contributed by atoms with van der Waals surface area (Å²) < 4.78 is 55.2. The molecule has 3 unspecified atom stereocenters. The van der Waals surface area contributed by atoms with Crippen LogP contribution in [0.1, 0.15) is 135 Å². The van der Waals surface area contributed by atoms with Crippen LogP contribution in [-0.4, -0.2) is 205 Å². The van der Waals surface area contributed by atoms with E-state index in [2.05, 4.69) is 40.7 Å². The second-order valence-electron chi connectivity index (χ2n) is 27.0. The number of ether oxygens (including phenoxy) is 9. The van der Waals surface area contributed by atoms with Crippen LogP contribution in [0, 0.1) is 50.2 Å². The molecule has 0 aromatic heterocycles. The van der Waals surface area contributed by atoms with E-state index in [1.165, 1.54) is 19.9 Å². The van der Waals surface area contributed by atoms with E-state index in [9.17, 15) is 70.2 Å². The summed E-state index contributed by atoms with van der Waals surface area (Å²) >= 11 is 0. The average Bonchev–Trinajstić information content (AvgIpc) is 3.19. The Labute approximate surface area is 485 Å².